The maximum atomic E-state index is 12.8. The quantitative estimate of drug-likeness (QED) is 0.637. The molecule has 0 saturated carbocycles. The topological polar surface area (TPSA) is 59.0 Å². The van der Waals surface area contributed by atoms with Crippen LogP contribution in [0.4, 0.5) is 0 Å². The van der Waals surface area contributed by atoms with Crippen molar-refractivity contribution in [3.8, 4) is 17.2 Å². The third-order valence-electron chi connectivity index (χ3n) is 4.05. The number of amides is 1. The molecule has 0 aliphatic carbocycles. The Morgan fingerprint density at radius 3 is 2.44 bits per heavy atom. The van der Waals surface area contributed by atoms with Gasteiger partial charge < -0.3 is 19.5 Å². The van der Waals surface area contributed by atoms with Gasteiger partial charge in [-0.25, -0.2) is 0 Å². The number of methoxy groups -OCH3 is 1. The molecule has 0 saturated heterocycles. The van der Waals surface area contributed by atoms with Crippen LogP contribution in [0.15, 0.2) is 66.0 Å². The zero-order valence-corrected chi connectivity index (χ0v) is 15.8. The molecule has 3 aromatic rings. The molecule has 140 valence electrons. The summed E-state index contributed by atoms with van der Waals surface area (Å²) in [5, 5.41) is 11.8. The zero-order valence-electron chi connectivity index (χ0n) is 15.0. The second-order valence-electron chi connectivity index (χ2n) is 5.90. The number of phenols is 1. The van der Waals surface area contributed by atoms with E-state index in [1.54, 1.807) is 41.5 Å². The van der Waals surface area contributed by atoms with Crippen LogP contribution < -0.4 is 9.47 Å². The Labute approximate surface area is 162 Å². The second-order valence-corrected chi connectivity index (χ2v) is 6.93. The Kier molecular flexibility index (Phi) is 6.33. The molecule has 0 unspecified atom stereocenters. The summed E-state index contributed by atoms with van der Waals surface area (Å²) >= 11 is 1.60. The van der Waals surface area contributed by atoms with E-state index in [1.807, 2.05) is 41.8 Å². The average molecular weight is 383 g/mol. The molecule has 1 N–H and O–H groups in total. The van der Waals surface area contributed by atoms with Crippen LogP contribution in [0, 0.1) is 0 Å². The highest BCUT2D eigenvalue weighted by Gasteiger charge is 2.18. The molecular weight excluding hydrogens is 362 g/mol. The maximum Gasteiger partial charge on any atom is 0.261 e. The third kappa shape index (κ3) is 5.01. The molecule has 3 rings (SSSR count). The normalized spacial score (nSPS) is 10.4. The van der Waals surface area contributed by atoms with E-state index in [2.05, 4.69) is 0 Å². The van der Waals surface area contributed by atoms with E-state index in [-0.39, 0.29) is 18.3 Å². The Balaban J connectivity index is 1.74. The van der Waals surface area contributed by atoms with Gasteiger partial charge in [0.15, 0.2) is 18.1 Å². The number of benzene rings is 2. The number of thiophene rings is 1. The fourth-order valence-electron chi connectivity index (χ4n) is 2.67. The van der Waals surface area contributed by atoms with E-state index in [0.717, 1.165) is 16.2 Å². The fourth-order valence-corrected chi connectivity index (χ4v) is 3.39. The van der Waals surface area contributed by atoms with Gasteiger partial charge in [-0.3, -0.25) is 4.79 Å². The lowest BCUT2D eigenvalue weighted by Crippen LogP contribution is -2.34. The summed E-state index contributed by atoms with van der Waals surface area (Å²) in [4.78, 5) is 15.7. The van der Waals surface area contributed by atoms with Crippen LogP contribution in [0.25, 0.3) is 0 Å². The smallest absolute Gasteiger partial charge is 0.261 e. The largest absolute Gasteiger partial charge is 0.504 e. The van der Waals surface area contributed by atoms with Crippen molar-refractivity contribution in [2.75, 3.05) is 13.7 Å². The van der Waals surface area contributed by atoms with Gasteiger partial charge in [-0.15, -0.1) is 11.3 Å². The minimum Gasteiger partial charge on any atom is -0.504 e. The Bertz CT molecular complexity index is 879. The number of carbonyl (C=O) groups is 1. The van der Waals surface area contributed by atoms with Gasteiger partial charge in [0, 0.05) is 17.0 Å². The van der Waals surface area contributed by atoms with Gasteiger partial charge in [0.2, 0.25) is 0 Å². The van der Waals surface area contributed by atoms with Gasteiger partial charge in [0.1, 0.15) is 5.75 Å². The maximum absolute atomic E-state index is 12.8. The lowest BCUT2D eigenvalue weighted by Gasteiger charge is -2.23. The SMILES string of the molecule is COc1ccccc1CN(Cc1cccs1)C(=O)COc1ccccc1O. The van der Waals surface area contributed by atoms with Crippen molar-refractivity contribution in [1.82, 2.24) is 4.90 Å². The van der Waals surface area contributed by atoms with Crippen LogP contribution in [0.2, 0.25) is 0 Å². The van der Waals surface area contributed by atoms with E-state index in [4.69, 9.17) is 9.47 Å². The first kappa shape index (κ1) is 18.8. The highest BCUT2D eigenvalue weighted by Crippen LogP contribution is 2.25. The highest BCUT2D eigenvalue weighted by atomic mass is 32.1. The molecule has 27 heavy (non-hydrogen) atoms. The summed E-state index contributed by atoms with van der Waals surface area (Å²) in [7, 11) is 1.62. The zero-order chi connectivity index (χ0) is 19.1. The van der Waals surface area contributed by atoms with Crippen molar-refractivity contribution in [2.24, 2.45) is 0 Å². The number of hydrogen-bond acceptors (Lipinski definition) is 5. The number of phenolic OH excluding ortho intramolecular Hbond substituents is 1. The number of aromatic hydroxyl groups is 1. The molecule has 1 amide bonds. The second kappa shape index (κ2) is 9.09. The molecule has 0 aliphatic rings. The molecule has 0 aliphatic heterocycles. The van der Waals surface area contributed by atoms with E-state index in [9.17, 15) is 9.90 Å². The summed E-state index contributed by atoms with van der Waals surface area (Å²) in [6, 6.07) is 18.2. The summed E-state index contributed by atoms with van der Waals surface area (Å²) in [6.07, 6.45) is 0. The molecule has 6 heteroatoms. The van der Waals surface area contributed by atoms with Crippen molar-refractivity contribution in [1.29, 1.82) is 0 Å². The van der Waals surface area contributed by atoms with Crippen molar-refractivity contribution >= 4 is 17.2 Å². The lowest BCUT2D eigenvalue weighted by atomic mass is 10.2. The number of para-hydroxylation sites is 3. The van der Waals surface area contributed by atoms with Crippen molar-refractivity contribution < 1.29 is 19.4 Å². The first-order chi connectivity index (χ1) is 13.2. The molecule has 2 aromatic carbocycles. The number of carbonyl (C=O) groups excluding carboxylic acids is 1. The molecule has 0 atom stereocenters. The predicted octanol–water partition coefficient (Wildman–Crippen LogP) is 4.07. The molecular formula is C21H21NO4S. The summed E-state index contributed by atoms with van der Waals surface area (Å²) in [5.41, 5.74) is 0.924. The molecule has 1 aromatic heterocycles. The first-order valence-electron chi connectivity index (χ1n) is 8.50. The van der Waals surface area contributed by atoms with Gasteiger partial charge >= 0.3 is 0 Å². The monoisotopic (exact) mass is 383 g/mol. The molecule has 0 fully saturated rings. The van der Waals surface area contributed by atoms with Gasteiger partial charge in [-0.2, -0.15) is 0 Å². The van der Waals surface area contributed by atoms with Gasteiger partial charge in [-0.1, -0.05) is 36.4 Å². The molecule has 5 nitrogen and oxygen atoms in total. The van der Waals surface area contributed by atoms with Crippen LogP contribution in [-0.4, -0.2) is 29.6 Å². The van der Waals surface area contributed by atoms with E-state index in [0.29, 0.717) is 18.8 Å². The van der Waals surface area contributed by atoms with Crippen molar-refractivity contribution in [2.45, 2.75) is 13.1 Å². The Morgan fingerprint density at radius 1 is 1.00 bits per heavy atom. The minimum absolute atomic E-state index is 0.0137. The van der Waals surface area contributed by atoms with Crippen LogP contribution >= 0.6 is 11.3 Å². The first-order valence-corrected chi connectivity index (χ1v) is 9.38. The van der Waals surface area contributed by atoms with E-state index < -0.39 is 0 Å². The summed E-state index contributed by atoms with van der Waals surface area (Å²) < 4.78 is 10.9. The summed E-state index contributed by atoms with van der Waals surface area (Å²) in [6.45, 7) is 0.738. The van der Waals surface area contributed by atoms with Gasteiger partial charge in [0.05, 0.1) is 13.7 Å². The van der Waals surface area contributed by atoms with Crippen LogP contribution in [0.3, 0.4) is 0 Å². The third-order valence-corrected chi connectivity index (χ3v) is 4.91. The summed E-state index contributed by atoms with van der Waals surface area (Å²) in [5.74, 6) is 0.875. The van der Waals surface area contributed by atoms with E-state index in [1.165, 1.54) is 6.07 Å². The molecule has 0 radical (unpaired) electrons. The van der Waals surface area contributed by atoms with Gasteiger partial charge in [-0.05, 0) is 29.6 Å². The number of hydrogen-bond donors (Lipinski definition) is 1. The fraction of sp³-hybridized carbons (Fsp3) is 0.190. The van der Waals surface area contributed by atoms with Crippen LogP contribution in [0.5, 0.6) is 17.2 Å². The number of nitrogens with zero attached hydrogens (tertiary/aromatic N) is 1. The van der Waals surface area contributed by atoms with Crippen molar-refractivity contribution in [3.63, 3.8) is 0 Å². The van der Waals surface area contributed by atoms with Crippen LogP contribution in [-0.2, 0) is 17.9 Å². The average Bonchev–Trinajstić information content (AvgIpc) is 3.20. The Morgan fingerprint density at radius 2 is 1.74 bits per heavy atom. The minimum atomic E-state index is -0.169. The lowest BCUT2D eigenvalue weighted by molar-refractivity contribution is -0.134. The molecule has 0 bridgehead atoms. The van der Waals surface area contributed by atoms with Gasteiger partial charge in [0.25, 0.3) is 5.91 Å². The van der Waals surface area contributed by atoms with Crippen molar-refractivity contribution in [3.05, 3.63) is 76.5 Å². The number of ether oxygens (including phenoxy) is 2. The van der Waals surface area contributed by atoms with E-state index >= 15 is 0 Å². The standard InChI is InChI=1S/C21H21NO4S/c1-25-19-10-4-2-7-16(19)13-22(14-17-8-6-12-27-17)21(24)15-26-20-11-5-3-9-18(20)23/h2-12,23H,13-15H2,1H3. The number of rotatable bonds is 8. The predicted molar refractivity (Wildman–Crippen MR) is 105 cm³/mol. The van der Waals surface area contributed by atoms with Crippen LogP contribution in [0.1, 0.15) is 10.4 Å². The highest BCUT2D eigenvalue weighted by molar-refractivity contribution is 7.09. The Hall–Kier alpha value is -2.99. The molecule has 1 heterocycles. The molecule has 0 spiro atoms.